The van der Waals surface area contributed by atoms with Crippen molar-refractivity contribution in [2.75, 3.05) is 13.1 Å². The van der Waals surface area contributed by atoms with Crippen molar-refractivity contribution in [2.45, 2.75) is 20.0 Å². The van der Waals surface area contributed by atoms with Gasteiger partial charge in [-0.3, -0.25) is 5.32 Å². The fraction of sp³-hybridized carbons (Fsp3) is 0.556. The van der Waals surface area contributed by atoms with E-state index in [1.807, 2.05) is 0 Å². The molecule has 1 saturated heterocycles. The van der Waals surface area contributed by atoms with Crippen LogP contribution in [0.15, 0.2) is 23.4 Å². The smallest absolute Gasteiger partial charge is 0.101 e. The van der Waals surface area contributed by atoms with Crippen LogP contribution in [0.4, 0.5) is 0 Å². The Morgan fingerprint density at radius 1 is 1.55 bits per heavy atom. The Balaban J connectivity index is 2.28. The van der Waals surface area contributed by atoms with Crippen molar-refractivity contribution in [1.29, 1.82) is 0 Å². The SMILES string of the molecule is CC1=CN2CCNC2C(C)=C1. The van der Waals surface area contributed by atoms with Gasteiger partial charge in [-0.1, -0.05) is 6.08 Å². The molecule has 0 radical (unpaired) electrons. The maximum Gasteiger partial charge on any atom is 0.101 e. The number of hydrogen-bond donors (Lipinski definition) is 1. The van der Waals surface area contributed by atoms with E-state index in [1.54, 1.807) is 0 Å². The van der Waals surface area contributed by atoms with Gasteiger partial charge in [-0.25, -0.2) is 0 Å². The lowest BCUT2D eigenvalue weighted by molar-refractivity contribution is 0.363. The van der Waals surface area contributed by atoms with Gasteiger partial charge in [0.25, 0.3) is 0 Å². The first-order valence-electron chi connectivity index (χ1n) is 4.13. The number of nitrogens with zero attached hydrogens (tertiary/aromatic N) is 1. The van der Waals surface area contributed by atoms with Crippen LogP contribution in [0.25, 0.3) is 0 Å². The number of hydrogen-bond acceptors (Lipinski definition) is 2. The summed E-state index contributed by atoms with van der Waals surface area (Å²) in [4.78, 5) is 2.37. The van der Waals surface area contributed by atoms with Crippen LogP contribution in [0.1, 0.15) is 13.8 Å². The van der Waals surface area contributed by atoms with Crippen LogP contribution >= 0.6 is 0 Å². The van der Waals surface area contributed by atoms with Crippen molar-refractivity contribution in [3.63, 3.8) is 0 Å². The van der Waals surface area contributed by atoms with Crippen molar-refractivity contribution < 1.29 is 0 Å². The minimum absolute atomic E-state index is 0.485. The van der Waals surface area contributed by atoms with Gasteiger partial charge < -0.3 is 4.90 Å². The minimum atomic E-state index is 0.485. The van der Waals surface area contributed by atoms with Crippen molar-refractivity contribution in [3.8, 4) is 0 Å². The van der Waals surface area contributed by atoms with Crippen LogP contribution in [0.3, 0.4) is 0 Å². The van der Waals surface area contributed by atoms with Gasteiger partial charge in [0.15, 0.2) is 0 Å². The highest BCUT2D eigenvalue weighted by Gasteiger charge is 2.24. The average molecular weight is 150 g/mol. The summed E-state index contributed by atoms with van der Waals surface area (Å²) >= 11 is 0. The Morgan fingerprint density at radius 2 is 2.36 bits per heavy atom. The van der Waals surface area contributed by atoms with E-state index in [4.69, 9.17) is 0 Å². The van der Waals surface area contributed by atoms with Crippen LogP contribution in [0.5, 0.6) is 0 Å². The van der Waals surface area contributed by atoms with E-state index in [0.717, 1.165) is 13.1 Å². The molecule has 2 aliphatic heterocycles. The van der Waals surface area contributed by atoms with Gasteiger partial charge >= 0.3 is 0 Å². The number of allylic oxidation sites excluding steroid dienone is 2. The van der Waals surface area contributed by atoms with E-state index in [-0.39, 0.29) is 0 Å². The molecule has 1 atom stereocenters. The molecule has 11 heavy (non-hydrogen) atoms. The monoisotopic (exact) mass is 150 g/mol. The molecule has 0 aromatic rings. The first kappa shape index (κ1) is 6.92. The fourth-order valence-corrected chi connectivity index (χ4v) is 1.88. The summed E-state index contributed by atoms with van der Waals surface area (Å²) in [6.07, 6.45) is 4.97. The van der Waals surface area contributed by atoms with E-state index in [0.29, 0.717) is 6.17 Å². The third-order valence-corrected chi connectivity index (χ3v) is 2.30. The molecule has 0 aromatic carbocycles. The fourth-order valence-electron chi connectivity index (χ4n) is 1.88. The number of rotatable bonds is 0. The normalized spacial score (nSPS) is 29.6. The summed E-state index contributed by atoms with van der Waals surface area (Å²) in [6.45, 7) is 6.59. The van der Waals surface area contributed by atoms with Gasteiger partial charge in [0.05, 0.1) is 0 Å². The summed E-state index contributed by atoms with van der Waals surface area (Å²) in [5, 5.41) is 3.44. The van der Waals surface area contributed by atoms with Gasteiger partial charge in [-0.05, 0) is 25.0 Å². The molecule has 0 spiro atoms. The third-order valence-electron chi connectivity index (χ3n) is 2.30. The largest absolute Gasteiger partial charge is 0.357 e. The molecule has 0 amide bonds. The molecule has 1 N–H and O–H groups in total. The molecule has 0 saturated carbocycles. The standard InChI is InChI=1S/C9H14N2/c1-7-5-8(2)9-10-3-4-11(9)6-7/h5-6,9-10H,3-4H2,1-2H3. The zero-order valence-corrected chi connectivity index (χ0v) is 7.09. The zero-order valence-electron chi connectivity index (χ0n) is 7.09. The molecule has 2 rings (SSSR count). The molecule has 2 aliphatic rings. The van der Waals surface area contributed by atoms with Crippen LogP contribution in [0.2, 0.25) is 0 Å². The Morgan fingerprint density at radius 3 is 3.18 bits per heavy atom. The van der Waals surface area contributed by atoms with E-state index in [2.05, 4.69) is 36.3 Å². The number of nitrogens with one attached hydrogen (secondary N) is 1. The van der Waals surface area contributed by atoms with Crippen molar-refractivity contribution >= 4 is 0 Å². The molecule has 0 bridgehead atoms. The highest BCUT2D eigenvalue weighted by atomic mass is 15.3. The van der Waals surface area contributed by atoms with Gasteiger partial charge in [0.2, 0.25) is 0 Å². The lowest BCUT2D eigenvalue weighted by atomic mass is 10.1. The molecule has 60 valence electrons. The molecular weight excluding hydrogens is 136 g/mol. The van der Waals surface area contributed by atoms with Gasteiger partial charge in [0.1, 0.15) is 6.17 Å². The summed E-state index contributed by atoms with van der Waals surface area (Å²) in [6, 6.07) is 0. The first-order valence-corrected chi connectivity index (χ1v) is 4.13. The van der Waals surface area contributed by atoms with Gasteiger partial charge in [0, 0.05) is 19.3 Å². The lowest BCUT2D eigenvalue weighted by Gasteiger charge is -2.27. The Hall–Kier alpha value is -0.760. The molecule has 2 heterocycles. The lowest BCUT2D eigenvalue weighted by Crippen LogP contribution is -2.35. The predicted octanol–water partition coefficient (Wildman–Crippen LogP) is 1.08. The molecule has 2 heteroatoms. The van der Waals surface area contributed by atoms with E-state index in [1.165, 1.54) is 11.1 Å². The van der Waals surface area contributed by atoms with Crippen LogP contribution in [-0.4, -0.2) is 24.2 Å². The molecule has 0 aromatic heterocycles. The van der Waals surface area contributed by atoms with Crippen molar-refractivity contribution in [3.05, 3.63) is 23.4 Å². The van der Waals surface area contributed by atoms with E-state index in [9.17, 15) is 0 Å². The maximum absolute atomic E-state index is 3.44. The van der Waals surface area contributed by atoms with E-state index >= 15 is 0 Å². The summed E-state index contributed by atoms with van der Waals surface area (Å²) < 4.78 is 0. The zero-order chi connectivity index (χ0) is 7.84. The predicted molar refractivity (Wildman–Crippen MR) is 46.0 cm³/mol. The molecular formula is C9H14N2. The Kier molecular flexibility index (Phi) is 1.50. The second-order valence-electron chi connectivity index (χ2n) is 3.36. The third kappa shape index (κ3) is 1.07. The van der Waals surface area contributed by atoms with Gasteiger partial charge in [-0.2, -0.15) is 0 Å². The summed E-state index contributed by atoms with van der Waals surface area (Å²) in [5.74, 6) is 0. The molecule has 0 aliphatic carbocycles. The molecule has 1 unspecified atom stereocenters. The Labute approximate surface area is 67.6 Å². The first-order chi connectivity index (χ1) is 5.27. The van der Waals surface area contributed by atoms with E-state index < -0.39 is 0 Å². The Bertz CT molecular complexity index is 228. The van der Waals surface area contributed by atoms with Crippen LogP contribution in [-0.2, 0) is 0 Å². The average Bonchev–Trinajstić information content (AvgIpc) is 2.34. The number of fused-ring (bicyclic) bond motifs is 1. The topological polar surface area (TPSA) is 15.3 Å². The highest BCUT2D eigenvalue weighted by molar-refractivity contribution is 5.29. The molecule has 2 nitrogen and oxygen atoms in total. The second-order valence-corrected chi connectivity index (χ2v) is 3.36. The molecule has 1 fully saturated rings. The van der Waals surface area contributed by atoms with Crippen molar-refractivity contribution in [2.24, 2.45) is 0 Å². The maximum atomic E-state index is 3.44. The second kappa shape index (κ2) is 2.38. The van der Waals surface area contributed by atoms with Gasteiger partial charge in [-0.15, -0.1) is 0 Å². The minimum Gasteiger partial charge on any atom is -0.357 e. The van der Waals surface area contributed by atoms with Crippen molar-refractivity contribution in [1.82, 2.24) is 10.2 Å². The summed E-state index contributed by atoms with van der Waals surface area (Å²) in [5.41, 5.74) is 2.80. The highest BCUT2D eigenvalue weighted by Crippen LogP contribution is 2.20. The van der Waals surface area contributed by atoms with Crippen LogP contribution < -0.4 is 5.32 Å². The summed E-state index contributed by atoms with van der Waals surface area (Å²) in [7, 11) is 0. The quantitative estimate of drug-likeness (QED) is 0.556. The van der Waals surface area contributed by atoms with Crippen LogP contribution in [0, 0.1) is 0 Å².